The summed E-state index contributed by atoms with van der Waals surface area (Å²) < 4.78 is 5.40. The van der Waals surface area contributed by atoms with Gasteiger partial charge in [-0.2, -0.15) is 5.10 Å². The van der Waals surface area contributed by atoms with Gasteiger partial charge in [0.1, 0.15) is 5.75 Å². The number of hydrogen-bond donors (Lipinski definition) is 3. The van der Waals surface area contributed by atoms with Crippen LogP contribution in [0.4, 0.5) is 0 Å². The number of hydrazone groups is 1. The number of guanidine groups is 1. The minimum atomic E-state index is 0.279. The van der Waals surface area contributed by atoms with Crippen molar-refractivity contribution in [2.45, 2.75) is 19.8 Å². The third-order valence-corrected chi connectivity index (χ3v) is 4.28. The largest absolute Gasteiger partial charge is 0.497 e. The first-order valence-electron chi connectivity index (χ1n) is 8.87. The number of aromatic nitrogens is 2. The SMILES string of the molecule is CCc1cc(OC)cc2c(/C=N/NC(N)=NCCc3cccnc3)c[nH]c12. The molecule has 4 N–H and O–H groups in total. The van der Waals surface area contributed by atoms with Gasteiger partial charge in [0.2, 0.25) is 5.96 Å². The first-order chi connectivity index (χ1) is 13.2. The van der Waals surface area contributed by atoms with E-state index in [-0.39, 0.29) is 5.96 Å². The van der Waals surface area contributed by atoms with E-state index in [0.29, 0.717) is 6.54 Å². The molecule has 3 rings (SSSR count). The van der Waals surface area contributed by atoms with Gasteiger partial charge in [0, 0.05) is 41.6 Å². The van der Waals surface area contributed by atoms with Crippen LogP contribution in [0.25, 0.3) is 10.9 Å². The maximum absolute atomic E-state index is 5.86. The minimum Gasteiger partial charge on any atom is -0.497 e. The van der Waals surface area contributed by atoms with Crippen molar-refractivity contribution in [3.05, 3.63) is 59.5 Å². The second kappa shape index (κ2) is 8.84. The summed E-state index contributed by atoms with van der Waals surface area (Å²) in [4.78, 5) is 11.7. The summed E-state index contributed by atoms with van der Waals surface area (Å²) in [6.45, 7) is 2.69. The predicted octanol–water partition coefficient (Wildman–Crippen LogP) is 2.61. The van der Waals surface area contributed by atoms with Gasteiger partial charge in [-0.15, -0.1) is 0 Å². The van der Waals surface area contributed by atoms with Crippen molar-refractivity contribution in [3.8, 4) is 5.75 Å². The topological polar surface area (TPSA) is 101 Å². The molecule has 0 atom stereocenters. The quantitative estimate of drug-likeness (QED) is 0.341. The van der Waals surface area contributed by atoms with Crippen LogP contribution < -0.4 is 15.9 Å². The highest BCUT2D eigenvalue weighted by atomic mass is 16.5. The number of nitrogens with zero attached hydrogens (tertiary/aromatic N) is 3. The lowest BCUT2D eigenvalue weighted by atomic mass is 10.1. The Kier molecular flexibility index (Phi) is 6.04. The zero-order valence-corrected chi connectivity index (χ0v) is 15.6. The highest BCUT2D eigenvalue weighted by Gasteiger charge is 2.08. The smallest absolute Gasteiger partial charge is 0.209 e. The van der Waals surface area contributed by atoms with Crippen molar-refractivity contribution in [3.63, 3.8) is 0 Å². The van der Waals surface area contributed by atoms with Gasteiger partial charge >= 0.3 is 0 Å². The van der Waals surface area contributed by atoms with Crippen LogP contribution >= 0.6 is 0 Å². The molecule has 1 aromatic carbocycles. The van der Waals surface area contributed by atoms with E-state index >= 15 is 0 Å². The molecule has 0 saturated carbocycles. The van der Waals surface area contributed by atoms with Gasteiger partial charge in [-0.25, -0.2) is 5.43 Å². The highest BCUT2D eigenvalue weighted by molar-refractivity contribution is 6.01. The van der Waals surface area contributed by atoms with Crippen LogP contribution in [-0.4, -0.2) is 35.8 Å². The molecule has 0 unspecified atom stereocenters. The van der Waals surface area contributed by atoms with E-state index in [1.807, 2.05) is 36.7 Å². The van der Waals surface area contributed by atoms with E-state index in [0.717, 1.165) is 40.6 Å². The van der Waals surface area contributed by atoms with E-state index in [1.54, 1.807) is 19.5 Å². The first-order valence-corrected chi connectivity index (χ1v) is 8.87. The number of aryl methyl sites for hydroxylation is 1. The Morgan fingerprint density at radius 2 is 2.30 bits per heavy atom. The number of rotatable bonds is 7. The van der Waals surface area contributed by atoms with Crippen LogP contribution in [0.5, 0.6) is 5.75 Å². The lowest BCUT2D eigenvalue weighted by molar-refractivity contribution is 0.415. The van der Waals surface area contributed by atoms with Gasteiger partial charge in [0.25, 0.3) is 0 Å². The highest BCUT2D eigenvalue weighted by Crippen LogP contribution is 2.27. The predicted molar refractivity (Wildman–Crippen MR) is 109 cm³/mol. The summed E-state index contributed by atoms with van der Waals surface area (Å²) in [5, 5.41) is 5.26. The average Bonchev–Trinajstić information content (AvgIpc) is 3.11. The van der Waals surface area contributed by atoms with Crippen molar-refractivity contribution in [2.75, 3.05) is 13.7 Å². The molecule has 0 aliphatic rings. The maximum atomic E-state index is 5.86. The molecule has 0 radical (unpaired) electrons. The third-order valence-electron chi connectivity index (χ3n) is 4.28. The Labute approximate surface area is 158 Å². The van der Waals surface area contributed by atoms with Gasteiger partial charge < -0.3 is 15.5 Å². The van der Waals surface area contributed by atoms with Crippen molar-refractivity contribution in [1.29, 1.82) is 0 Å². The van der Waals surface area contributed by atoms with Crippen LogP contribution in [0.3, 0.4) is 0 Å². The summed E-state index contributed by atoms with van der Waals surface area (Å²) in [5.74, 6) is 1.11. The summed E-state index contributed by atoms with van der Waals surface area (Å²) in [5.41, 5.74) is 13.0. The van der Waals surface area contributed by atoms with Crippen molar-refractivity contribution < 1.29 is 4.74 Å². The molecule has 3 aromatic rings. The van der Waals surface area contributed by atoms with Gasteiger partial charge in [0.05, 0.1) is 13.3 Å². The molecular weight excluding hydrogens is 340 g/mol. The molecule has 0 aliphatic heterocycles. The van der Waals surface area contributed by atoms with Gasteiger partial charge in [-0.3, -0.25) is 9.98 Å². The fourth-order valence-electron chi connectivity index (χ4n) is 2.86. The molecular formula is C20H24N6O. The number of fused-ring (bicyclic) bond motifs is 1. The molecule has 0 aliphatic carbocycles. The zero-order valence-electron chi connectivity index (χ0n) is 15.6. The van der Waals surface area contributed by atoms with Crippen LogP contribution in [0, 0.1) is 0 Å². The molecule has 0 amide bonds. The Morgan fingerprint density at radius 3 is 3.04 bits per heavy atom. The molecule has 0 bridgehead atoms. The molecule has 0 fully saturated rings. The second-order valence-electron chi connectivity index (χ2n) is 6.05. The number of aliphatic imine (C=N–C) groups is 1. The number of pyridine rings is 1. The lowest BCUT2D eigenvalue weighted by Crippen LogP contribution is -2.27. The number of aromatic amines is 1. The van der Waals surface area contributed by atoms with E-state index in [4.69, 9.17) is 10.5 Å². The molecule has 0 spiro atoms. The standard InChI is InChI=1S/C20H24N6O/c1-3-15-9-17(27-2)10-18-16(12-24-19(15)18)13-25-26-20(21)23-8-6-14-5-4-7-22-11-14/h4-5,7,9-13,24H,3,6,8H2,1-2H3,(H3,21,23,26)/b25-13+. The van der Waals surface area contributed by atoms with Crippen molar-refractivity contribution in [2.24, 2.45) is 15.8 Å². The number of nitrogens with one attached hydrogen (secondary N) is 2. The average molecular weight is 364 g/mol. The number of hydrogen-bond acceptors (Lipinski definition) is 4. The first kappa shape index (κ1) is 18.4. The molecule has 27 heavy (non-hydrogen) atoms. The van der Waals surface area contributed by atoms with Crippen LogP contribution in [0.1, 0.15) is 23.6 Å². The van der Waals surface area contributed by atoms with Crippen LogP contribution in [-0.2, 0) is 12.8 Å². The molecule has 140 valence electrons. The van der Waals surface area contributed by atoms with E-state index in [9.17, 15) is 0 Å². The summed E-state index contributed by atoms with van der Waals surface area (Å²) in [6, 6.07) is 7.97. The van der Waals surface area contributed by atoms with E-state index in [2.05, 4.69) is 32.4 Å². The number of benzene rings is 1. The summed E-state index contributed by atoms with van der Waals surface area (Å²) >= 11 is 0. The monoisotopic (exact) mass is 364 g/mol. The Hall–Kier alpha value is -3.35. The lowest BCUT2D eigenvalue weighted by Gasteiger charge is -2.05. The van der Waals surface area contributed by atoms with Crippen LogP contribution in [0.15, 0.2) is 52.9 Å². The summed E-state index contributed by atoms with van der Waals surface area (Å²) in [7, 11) is 1.67. The van der Waals surface area contributed by atoms with Crippen molar-refractivity contribution >= 4 is 23.1 Å². The second-order valence-corrected chi connectivity index (χ2v) is 6.05. The van der Waals surface area contributed by atoms with Gasteiger partial charge in [0.15, 0.2) is 0 Å². The molecule has 7 nitrogen and oxygen atoms in total. The third kappa shape index (κ3) is 4.63. The Morgan fingerprint density at radius 1 is 1.41 bits per heavy atom. The van der Waals surface area contributed by atoms with Crippen LogP contribution in [0.2, 0.25) is 0 Å². The Balaban J connectivity index is 1.64. The molecule has 2 heterocycles. The van der Waals surface area contributed by atoms with Gasteiger partial charge in [-0.05, 0) is 42.2 Å². The fraction of sp³-hybridized carbons (Fsp3) is 0.250. The maximum Gasteiger partial charge on any atom is 0.209 e. The number of ether oxygens (including phenoxy) is 1. The van der Waals surface area contributed by atoms with E-state index < -0.39 is 0 Å². The normalized spacial score (nSPS) is 12.0. The molecule has 2 aromatic heterocycles. The number of H-pyrrole nitrogens is 1. The molecule has 7 heteroatoms. The minimum absolute atomic E-state index is 0.279. The molecule has 0 saturated heterocycles. The number of nitrogens with two attached hydrogens (primary N) is 1. The Bertz CT molecular complexity index is 946. The van der Waals surface area contributed by atoms with Crippen molar-refractivity contribution in [1.82, 2.24) is 15.4 Å². The zero-order chi connectivity index (χ0) is 19.1. The summed E-state index contributed by atoms with van der Waals surface area (Å²) in [6.07, 6.45) is 8.92. The fourth-order valence-corrected chi connectivity index (χ4v) is 2.86. The number of methoxy groups -OCH3 is 1. The van der Waals surface area contributed by atoms with Gasteiger partial charge in [-0.1, -0.05) is 13.0 Å². The van der Waals surface area contributed by atoms with E-state index in [1.165, 1.54) is 5.56 Å².